The number of pyridine rings is 2. The number of ether oxygens (including phenoxy) is 2. The summed E-state index contributed by atoms with van der Waals surface area (Å²) in [5, 5.41) is 1.45. The first kappa shape index (κ1) is 21.8. The van der Waals surface area contributed by atoms with Crippen LogP contribution in [0.15, 0.2) is 53.7 Å². The van der Waals surface area contributed by atoms with Crippen molar-refractivity contribution in [1.29, 1.82) is 0 Å². The van der Waals surface area contributed by atoms with Gasteiger partial charge in [-0.15, -0.1) is 12.4 Å². The van der Waals surface area contributed by atoms with Crippen molar-refractivity contribution in [3.63, 3.8) is 0 Å². The first-order chi connectivity index (χ1) is 13.2. The van der Waals surface area contributed by atoms with Crippen molar-refractivity contribution in [3.05, 3.63) is 64.8 Å². The van der Waals surface area contributed by atoms with Gasteiger partial charge >= 0.3 is 0 Å². The van der Waals surface area contributed by atoms with Crippen molar-refractivity contribution in [1.82, 2.24) is 9.55 Å². The molecule has 6 heteroatoms. The summed E-state index contributed by atoms with van der Waals surface area (Å²) in [6.45, 7) is 3.40. The van der Waals surface area contributed by atoms with Gasteiger partial charge in [0.15, 0.2) is 11.5 Å². The standard InChI is InChI=1S/C22H26N2O3.ClH/c1-3-4-5-16-27-21-18-11-15-24(14-10-17-8-12-23-13-9-17)22(25)19(18)6-7-20(21)26-2;/h6-9,11-13,15H,3-5,10,14,16H2,1-2H3;1H. The van der Waals surface area contributed by atoms with Gasteiger partial charge in [0.05, 0.1) is 19.1 Å². The second kappa shape index (κ2) is 10.7. The molecular formula is C22H27ClN2O3. The molecule has 0 atom stereocenters. The zero-order chi connectivity index (χ0) is 19.1. The molecule has 0 bridgehead atoms. The van der Waals surface area contributed by atoms with Gasteiger partial charge < -0.3 is 14.0 Å². The van der Waals surface area contributed by atoms with Crippen LogP contribution in [0.5, 0.6) is 11.5 Å². The molecule has 1 aromatic carbocycles. The zero-order valence-electron chi connectivity index (χ0n) is 16.4. The Morgan fingerprint density at radius 1 is 1.04 bits per heavy atom. The number of aryl methyl sites for hydroxylation is 2. The first-order valence-electron chi connectivity index (χ1n) is 9.46. The van der Waals surface area contributed by atoms with Crippen molar-refractivity contribution in [2.24, 2.45) is 0 Å². The second-order valence-electron chi connectivity index (χ2n) is 6.53. The van der Waals surface area contributed by atoms with Crippen molar-refractivity contribution in [2.75, 3.05) is 13.7 Å². The Bertz CT molecular complexity index is 942. The van der Waals surface area contributed by atoms with Crippen molar-refractivity contribution < 1.29 is 9.47 Å². The van der Waals surface area contributed by atoms with Gasteiger partial charge in [0.1, 0.15) is 0 Å². The van der Waals surface area contributed by atoms with Gasteiger partial charge in [0.25, 0.3) is 5.56 Å². The summed E-state index contributed by atoms with van der Waals surface area (Å²) in [7, 11) is 1.62. The van der Waals surface area contributed by atoms with E-state index in [2.05, 4.69) is 11.9 Å². The number of rotatable bonds is 9. The SMILES string of the molecule is CCCCCOc1c(OC)ccc2c(=O)n(CCc3ccncc3)ccc12.Cl. The minimum absolute atomic E-state index is 0. The Labute approximate surface area is 171 Å². The summed E-state index contributed by atoms with van der Waals surface area (Å²) in [6.07, 6.45) is 9.40. The molecule has 2 heterocycles. The molecule has 0 fully saturated rings. The summed E-state index contributed by atoms with van der Waals surface area (Å²) in [6, 6.07) is 9.52. The molecule has 150 valence electrons. The van der Waals surface area contributed by atoms with Crippen LogP contribution in [0, 0.1) is 0 Å². The van der Waals surface area contributed by atoms with Gasteiger partial charge in [-0.2, -0.15) is 0 Å². The molecule has 0 spiro atoms. The van der Waals surface area contributed by atoms with Crippen LogP contribution >= 0.6 is 12.4 Å². The predicted molar refractivity (Wildman–Crippen MR) is 115 cm³/mol. The number of methoxy groups -OCH3 is 1. The van der Waals surface area contributed by atoms with E-state index < -0.39 is 0 Å². The molecule has 0 radical (unpaired) electrons. The highest BCUT2D eigenvalue weighted by atomic mass is 35.5. The lowest BCUT2D eigenvalue weighted by Gasteiger charge is -2.14. The highest BCUT2D eigenvalue weighted by molar-refractivity contribution is 5.90. The highest BCUT2D eigenvalue weighted by Gasteiger charge is 2.13. The number of benzene rings is 1. The first-order valence-corrected chi connectivity index (χ1v) is 9.46. The van der Waals surface area contributed by atoms with Gasteiger partial charge in [-0.05, 0) is 48.7 Å². The summed E-state index contributed by atoms with van der Waals surface area (Å²) < 4.78 is 13.2. The zero-order valence-corrected chi connectivity index (χ0v) is 17.2. The Hall–Kier alpha value is -2.53. The fourth-order valence-electron chi connectivity index (χ4n) is 3.13. The van der Waals surface area contributed by atoms with Gasteiger partial charge in [0.2, 0.25) is 0 Å². The monoisotopic (exact) mass is 402 g/mol. The Morgan fingerprint density at radius 2 is 1.82 bits per heavy atom. The Kier molecular flexibility index (Phi) is 8.33. The van der Waals surface area contributed by atoms with E-state index in [0.717, 1.165) is 36.6 Å². The Morgan fingerprint density at radius 3 is 2.54 bits per heavy atom. The van der Waals surface area contributed by atoms with Gasteiger partial charge in [-0.3, -0.25) is 9.78 Å². The quantitative estimate of drug-likeness (QED) is 0.489. The van der Waals surface area contributed by atoms with Crippen LogP contribution in [0.4, 0.5) is 0 Å². The van der Waals surface area contributed by atoms with E-state index in [0.29, 0.717) is 30.0 Å². The number of halogens is 1. The fourth-order valence-corrected chi connectivity index (χ4v) is 3.13. The highest BCUT2D eigenvalue weighted by Crippen LogP contribution is 2.34. The topological polar surface area (TPSA) is 53.4 Å². The van der Waals surface area contributed by atoms with Crippen LogP contribution in [0.3, 0.4) is 0 Å². The van der Waals surface area contributed by atoms with Crippen molar-refractivity contribution in [3.8, 4) is 11.5 Å². The molecule has 0 unspecified atom stereocenters. The maximum Gasteiger partial charge on any atom is 0.258 e. The van der Waals surface area contributed by atoms with Crippen LogP contribution in [0.1, 0.15) is 31.7 Å². The third kappa shape index (κ3) is 5.04. The van der Waals surface area contributed by atoms with Crippen molar-refractivity contribution >= 4 is 23.2 Å². The second-order valence-corrected chi connectivity index (χ2v) is 6.53. The van der Waals surface area contributed by atoms with E-state index >= 15 is 0 Å². The van der Waals surface area contributed by atoms with Gasteiger partial charge in [-0.25, -0.2) is 0 Å². The Balaban J connectivity index is 0.00000280. The van der Waals surface area contributed by atoms with Crippen LogP contribution in [0.2, 0.25) is 0 Å². The predicted octanol–water partition coefficient (Wildman–Crippen LogP) is 4.64. The lowest BCUT2D eigenvalue weighted by Crippen LogP contribution is -2.20. The van der Waals surface area contributed by atoms with Crippen LogP contribution in [-0.4, -0.2) is 23.3 Å². The molecule has 28 heavy (non-hydrogen) atoms. The lowest BCUT2D eigenvalue weighted by atomic mass is 10.1. The number of aromatic nitrogens is 2. The number of hydrogen-bond donors (Lipinski definition) is 0. The van der Waals surface area contributed by atoms with E-state index in [-0.39, 0.29) is 18.0 Å². The maximum atomic E-state index is 12.9. The molecule has 0 amide bonds. The summed E-state index contributed by atoms with van der Waals surface area (Å²) in [5.41, 5.74) is 1.15. The van der Waals surface area contributed by atoms with E-state index in [9.17, 15) is 4.79 Å². The van der Waals surface area contributed by atoms with E-state index in [4.69, 9.17) is 9.47 Å². The largest absolute Gasteiger partial charge is 0.493 e. The van der Waals surface area contributed by atoms with Gasteiger partial charge in [-0.1, -0.05) is 19.8 Å². The third-order valence-corrected chi connectivity index (χ3v) is 4.68. The molecular weight excluding hydrogens is 376 g/mol. The molecule has 0 aliphatic heterocycles. The number of fused-ring (bicyclic) bond motifs is 1. The molecule has 0 N–H and O–H groups in total. The van der Waals surface area contributed by atoms with Crippen LogP contribution < -0.4 is 15.0 Å². The molecule has 0 saturated heterocycles. The number of hydrogen-bond acceptors (Lipinski definition) is 4. The summed E-state index contributed by atoms with van der Waals surface area (Å²) in [5.74, 6) is 1.32. The maximum absolute atomic E-state index is 12.9. The third-order valence-electron chi connectivity index (χ3n) is 4.68. The van der Waals surface area contributed by atoms with E-state index in [1.54, 1.807) is 24.1 Å². The number of nitrogens with zero attached hydrogens (tertiary/aromatic N) is 2. The van der Waals surface area contributed by atoms with E-state index in [1.165, 1.54) is 0 Å². The minimum Gasteiger partial charge on any atom is -0.493 e. The minimum atomic E-state index is -0.0115. The average Bonchev–Trinajstić information content (AvgIpc) is 2.71. The molecule has 0 aliphatic carbocycles. The van der Waals surface area contributed by atoms with E-state index in [1.807, 2.05) is 36.5 Å². The smallest absolute Gasteiger partial charge is 0.258 e. The normalized spacial score (nSPS) is 10.5. The molecule has 0 saturated carbocycles. The fraction of sp³-hybridized carbons (Fsp3) is 0.364. The van der Waals surface area contributed by atoms with Crippen LogP contribution in [0.25, 0.3) is 10.8 Å². The molecule has 2 aromatic heterocycles. The lowest BCUT2D eigenvalue weighted by molar-refractivity contribution is 0.289. The molecule has 0 aliphatic rings. The van der Waals surface area contributed by atoms with Gasteiger partial charge in [0, 0.05) is 30.5 Å². The number of unbranched alkanes of at least 4 members (excludes halogenated alkanes) is 2. The molecule has 3 aromatic rings. The van der Waals surface area contributed by atoms with Crippen molar-refractivity contribution in [2.45, 2.75) is 39.2 Å². The molecule has 5 nitrogen and oxygen atoms in total. The summed E-state index contributed by atoms with van der Waals surface area (Å²) >= 11 is 0. The van der Waals surface area contributed by atoms with Crippen LogP contribution in [-0.2, 0) is 13.0 Å². The average molecular weight is 403 g/mol. The summed E-state index contributed by atoms with van der Waals surface area (Å²) in [4.78, 5) is 17.0. The molecule has 3 rings (SSSR count).